The number of ether oxygens (including phenoxy) is 1. The van der Waals surface area contributed by atoms with Crippen LogP contribution >= 0.6 is 24.0 Å². The summed E-state index contributed by atoms with van der Waals surface area (Å²) in [5, 5.41) is 14.9. The summed E-state index contributed by atoms with van der Waals surface area (Å²) in [6, 6.07) is 21.3. The minimum Gasteiger partial charge on any atom is -0.383 e. The number of aromatic nitrogens is 3. The summed E-state index contributed by atoms with van der Waals surface area (Å²) in [6.07, 6.45) is 3.57. The van der Waals surface area contributed by atoms with E-state index in [0.717, 1.165) is 37.7 Å². The summed E-state index contributed by atoms with van der Waals surface area (Å²) in [4.78, 5) is 4.85. The molecule has 3 aromatic rings. The van der Waals surface area contributed by atoms with Crippen molar-refractivity contribution in [3.63, 3.8) is 0 Å². The van der Waals surface area contributed by atoms with Gasteiger partial charge in [0.05, 0.1) is 6.61 Å². The van der Waals surface area contributed by atoms with Crippen molar-refractivity contribution in [3.8, 4) is 0 Å². The first-order valence-corrected chi connectivity index (χ1v) is 11.3. The van der Waals surface area contributed by atoms with Gasteiger partial charge in [-0.2, -0.15) is 0 Å². The molecule has 1 heterocycles. The van der Waals surface area contributed by atoms with Crippen LogP contribution in [-0.2, 0) is 17.7 Å². The molecule has 0 saturated heterocycles. The van der Waals surface area contributed by atoms with Crippen LogP contribution in [0.15, 0.2) is 72.0 Å². The second kappa shape index (κ2) is 15.4. The van der Waals surface area contributed by atoms with E-state index in [1.165, 1.54) is 11.1 Å². The van der Waals surface area contributed by atoms with Crippen LogP contribution in [0.4, 0.5) is 0 Å². The van der Waals surface area contributed by atoms with Gasteiger partial charge in [-0.25, -0.2) is 0 Å². The smallest absolute Gasteiger partial charge is 0.191 e. The minimum atomic E-state index is 0. The molecule has 0 fully saturated rings. The maximum atomic E-state index is 5.18. The largest absolute Gasteiger partial charge is 0.383 e. The molecule has 0 aliphatic heterocycles. The molecule has 0 saturated carbocycles. The highest BCUT2D eigenvalue weighted by Gasteiger charge is 2.13. The number of aliphatic imine (C=N–C) groups is 1. The lowest BCUT2D eigenvalue weighted by atomic mass is 9.89. The molecule has 2 aromatic carbocycles. The fourth-order valence-electron chi connectivity index (χ4n) is 3.68. The lowest BCUT2D eigenvalue weighted by Gasteiger charge is -2.18. The van der Waals surface area contributed by atoms with Gasteiger partial charge in [0.25, 0.3) is 0 Å². The Morgan fingerprint density at radius 2 is 1.64 bits per heavy atom. The van der Waals surface area contributed by atoms with Crippen molar-refractivity contribution < 1.29 is 4.74 Å². The summed E-state index contributed by atoms with van der Waals surface area (Å²) in [6.45, 7) is 5.66. The molecule has 0 atom stereocenters. The van der Waals surface area contributed by atoms with Crippen LogP contribution in [0, 0.1) is 0 Å². The lowest BCUT2D eigenvalue weighted by Crippen LogP contribution is -2.40. The first kappa shape index (κ1) is 26.8. The topological polar surface area (TPSA) is 76.4 Å². The van der Waals surface area contributed by atoms with E-state index in [0.29, 0.717) is 25.6 Å². The van der Waals surface area contributed by atoms with Crippen LogP contribution in [0.2, 0.25) is 0 Å². The van der Waals surface area contributed by atoms with Gasteiger partial charge in [-0.05, 0) is 17.5 Å². The van der Waals surface area contributed by atoms with Crippen molar-refractivity contribution in [2.45, 2.75) is 32.2 Å². The first-order chi connectivity index (χ1) is 15.8. The summed E-state index contributed by atoms with van der Waals surface area (Å²) < 4.78 is 7.25. The third-order valence-corrected chi connectivity index (χ3v) is 5.35. The van der Waals surface area contributed by atoms with Gasteiger partial charge >= 0.3 is 0 Å². The van der Waals surface area contributed by atoms with Crippen LogP contribution in [0.5, 0.6) is 0 Å². The third kappa shape index (κ3) is 8.77. The average Bonchev–Trinajstić information content (AvgIpc) is 3.30. The normalized spacial score (nSPS) is 11.3. The first-order valence-electron chi connectivity index (χ1n) is 11.3. The molecule has 0 bridgehead atoms. The fraction of sp³-hybridized carbons (Fsp3) is 0.400. The van der Waals surface area contributed by atoms with Crippen molar-refractivity contribution in [2.24, 2.45) is 4.99 Å². The molecule has 0 amide bonds. The van der Waals surface area contributed by atoms with Gasteiger partial charge < -0.3 is 19.9 Å². The molecule has 8 heteroatoms. The van der Waals surface area contributed by atoms with Crippen molar-refractivity contribution >= 4 is 29.9 Å². The number of halogens is 1. The molecule has 0 aliphatic carbocycles. The summed E-state index contributed by atoms with van der Waals surface area (Å²) >= 11 is 0. The number of nitrogens with zero attached hydrogens (tertiary/aromatic N) is 4. The van der Waals surface area contributed by atoms with Crippen LogP contribution in [0.25, 0.3) is 0 Å². The van der Waals surface area contributed by atoms with E-state index < -0.39 is 0 Å². The Morgan fingerprint density at radius 3 is 2.24 bits per heavy atom. The molecule has 1 aromatic heterocycles. The van der Waals surface area contributed by atoms with E-state index in [1.54, 1.807) is 13.4 Å². The van der Waals surface area contributed by atoms with Crippen molar-refractivity contribution in [1.82, 2.24) is 25.4 Å². The van der Waals surface area contributed by atoms with E-state index >= 15 is 0 Å². The molecule has 3 rings (SSSR count). The number of methoxy groups -OCH3 is 1. The van der Waals surface area contributed by atoms with E-state index in [2.05, 4.69) is 93.0 Å². The lowest BCUT2D eigenvalue weighted by molar-refractivity contribution is 0.203. The van der Waals surface area contributed by atoms with Gasteiger partial charge in [-0.3, -0.25) is 4.99 Å². The molecule has 7 nitrogen and oxygen atoms in total. The standard InChI is InChI=1S/C25H34N6O.HI/c1-3-24-30-29-20-31(24)18-16-27-25(28-17-19-32-2)26-15-14-23(21-10-6-4-7-11-21)22-12-8-5-9-13-22;/h4-13,20,23H,3,14-19H2,1-2H3,(H2,26,27,28);1H. The highest BCUT2D eigenvalue weighted by atomic mass is 127. The zero-order valence-electron chi connectivity index (χ0n) is 19.5. The predicted molar refractivity (Wildman–Crippen MR) is 144 cm³/mol. The number of hydrogen-bond acceptors (Lipinski definition) is 4. The molecular formula is C25H35IN6O. The van der Waals surface area contributed by atoms with E-state index in [4.69, 9.17) is 9.73 Å². The van der Waals surface area contributed by atoms with E-state index in [-0.39, 0.29) is 24.0 Å². The SMILES string of the molecule is CCc1nncn1CCNC(=NCCC(c1ccccc1)c1ccccc1)NCCOC.I. The van der Waals surface area contributed by atoms with Gasteiger partial charge in [-0.1, -0.05) is 67.6 Å². The van der Waals surface area contributed by atoms with Gasteiger partial charge in [0.1, 0.15) is 12.2 Å². The summed E-state index contributed by atoms with van der Waals surface area (Å²) in [5.74, 6) is 2.10. The Hall–Kier alpha value is -2.46. The van der Waals surface area contributed by atoms with Crippen LogP contribution in [0.1, 0.15) is 36.2 Å². The maximum absolute atomic E-state index is 5.18. The average molecular weight is 563 g/mol. The molecule has 0 aliphatic rings. The summed E-state index contributed by atoms with van der Waals surface area (Å²) in [5.41, 5.74) is 2.63. The zero-order chi connectivity index (χ0) is 22.4. The zero-order valence-corrected chi connectivity index (χ0v) is 21.8. The molecule has 0 spiro atoms. The Morgan fingerprint density at radius 1 is 1.00 bits per heavy atom. The van der Waals surface area contributed by atoms with Crippen molar-refractivity contribution in [3.05, 3.63) is 83.9 Å². The molecule has 2 N–H and O–H groups in total. The Kier molecular flexibility index (Phi) is 12.5. The van der Waals surface area contributed by atoms with Gasteiger partial charge in [0, 0.05) is 45.6 Å². The Bertz CT molecular complexity index is 893. The molecule has 0 radical (unpaired) electrons. The van der Waals surface area contributed by atoms with Crippen LogP contribution in [-0.4, -0.2) is 54.1 Å². The number of hydrogen-bond donors (Lipinski definition) is 2. The quantitative estimate of drug-likeness (QED) is 0.152. The second-order valence-electron chi connectivity index (χ2n) is 7.53. The van der Waals surface area contributed by atoms with E-state index in [1.807, 2.05) is 0 Å². The predicted octanol–water partition coefficient (Wildman–Crippen LogP) is 3.86. The minimum absolute atomic E-state index is 0. The highest BCUT2D eigenvalue weighted by molar-refractivity contribution is 14.0. The number of benzene rings is 2. The number of guanidine groups is 1. The summed E-state index contributed by atoms with van der Waals surface area (Å²) in [7, 11) is 1.70. The van der Waals surface area contributed by atoms with E-state index in [9.17, 15) is 0 Å². The van der Waals surface area contributed by atoms with Crippen LogP contribution in [0.3, 0.4) is 0 Å². The Labute approximate surface area is 214 Å². The molecule has 0 unspecified atom stereocenters. The van der Waals surface area contributed by atoms with Crippen LogP contribution < -0.4 is 10.6 Å². The monoisotopic (exact) mass is 562 g/mol. The second-order valence-corrected chi connectivity index (χ2v) is 7.53. The van der Waals surface area contributed by atoms with Gasteiger partial charge in [0.15, 0.2) is 5.96 Å². The number of rotatable bonds is 12. The fourth-order valence-corrected chi connectivity index (χ4v) is 3.68. The molecule has 178 valence electrons. The third-order valence-electron chi connectivity index (χ3n) is 5.35. The van der Waals surface area contributed by atoms with Gasteiger partial charge in [0.2, 0.25) is 0 Å². The highest BCUT2D eigenvalue weighted by Crippen LogP contribution is 2.27. The Balaban J connectivity index is 0.00000385. The van der Waals surface area contributed by atoms with Crippen molar-refractivity contribution in [2.75, 3.05) is 33.4 Å². The molecular weight excluding hydrogens is 527 g/mol. The van der Waals surface area contributed by atoms with Gasteiger partial charge in [-0.15, -0.1) is 34.2 Å². The van der Waals surface area contributed by atoms with Crippen molar-refractivity contribution in [1.29, 1.82) is 0 Å². The number of aryl methyl sites for hydroxylation is 1. The molecule has 33 heavy (non-hydrogen) atoms. The maximum Gasteiger partial charge on any atom is 0.191 e. The number of nitrogens with one attached hydrogen (secondary N) is 2.